The zero-order valence-electron chi connectivity index (χ0n) is 15.9. The third-order valence-electron chi connectivity index (χ3n) is 4.71. The lowest BCUT2D eigenvalue weighted by molar-refractivity contribution is 0.0746. The number of carbonyl (C=O) groups excluding carboxylic acids is 1. The Bertz CT molecular complexity index is 1020. The van der Waals surface area contributed by atoms with E-state index < -0.39 is 10.0 Å². The molecule has 0 spiro atoms. The zero-order valence-corrected chi connectivity index (χ0v) is 16.7. The Morgan fingerprint density at radius 1 is 1.39 bits per heavy atom. The smallest absolute Gasteiger partial charge is 0.254 e. The van der Waals surface area contributed by atoms with Crippen LogP contribution in [0, 0.1) is 11.3 Å². The minimum Gasteiger partial charge on any atom is -0.333 e. The third kappa shape index (κ3) is 4.15. The molecule has 1 unspecified atom stereocenters. The third-order valence-corrected chi connectivity index (χ3v) is 5.98. The zero-order chi connectivity index (χ0) is 20.3. The van der Waals surface area contributed by atoms with Gasteiger partial charge in [-0.25, -0.2) is 8.42 Å². The average Bonchev–Trinajstić information content (AvgIpc) is 3.00. The standard InChI is InChI=1S/C20H22N4O3S/c1-15-11-18-12-17(6-7-19(18)24(15)28(2,26)27)20(25)23(10-4-8-21)14-16-5-3-9-22-13-16/h3,5-7,9,12-13,15H,4,10-11,14H2,1-2H3. The number of nitriles is 1. The maximum absolute atomic E-state index is 13.1. The van der Waals surface area contributed by atoms with E-state index in [0.717, 1.165) is 11.1 Å². The molecule has 0 saturated heterocycles. The molecule has 2 heterocycles. The number of rotatable bonds is 6. The van der Waals surface area contributed by atoms with Crippen LogP contribution >= 0.6 is 0 Å². The van der Waals surface area contributed by atoms with Gasteiger partial charge < -0.3 is 4.90 Å². The van der Waals surface area contributed by atoms with Crippen molar-refractivity contribution < 1.29 is 13.2 Å². The lowest BCUT2D eigenvalue weighted by atomic mass is 10.1. The molecule has 8 heteroatoms. The van der Waals surface area contributed by atoms with Crippen LogP contribution in [0.15, 0.2) is 42.7 Å². The molecule has 0 bridgehead atoms. The van der Waals surface area contributed by atoms with Gasteiger partial charge in [0.05, 0.1) is 24.4 Å². The molecule has 0 radical (unpaired) electrons. The van der Waals surface area contributed by atoms with Crippen molar-refractivity contribution in [3.63, 3.8) is 0 Å². The molecule has 1 amide bonds. The molecule has 0 saturated carbocycles. The van der Waals surface area contributed by atoms with Gasteiger partial charge in [0.25, 0.3) is 5.91 Å². The van der Waals surface area contributed by atoms with Gasteiger partial charge in [-0.2, -0.15) is 5.26 Å². The molecule has 2 aromatic rings. The molecular weight excluding hydrogens is 376 g/mol. The van der Waals surface area contributed by atoms with Gasteiger partial charge in [0, 0.05) is 37.1 Å². The first-order valence-corrected chi connectivity index (χ1v) is 10.8. The van der Waals surface area contributed by atoms with Crippen LogP contribution in [0.5, 0.6) is 0 Å². The lowest BCUT2D eigenvalue weighted by Crippen LogP contribution is -2.34. The van der Waals surface area contributed by atoms with Crippen molar-refractivity contribution in [3.05, 3.63) is 59.4 Å². The lowest BCUT2D eigenvalue weighted by Gasteiger charge is -2.23. The fourth-order valence-corrected chi connectivity index (χ4v) is 4.84. The summed E-state index contributed by atoms with van der Waals surface area (Å²) < 4.78 is 25.5. The number of anilines is 1. The van der Waals surface area contributed by atoms with E-state index in [-0.39, 0.29) is 18.4 Å². The molecule has 28 heavy (non-hydrogen) atoms. The van der Waals surface area contributed by atoms with E-state index in [1.54, 1.807) is 41.6 Å². The molecule has 0 aliphatic carbocycles. The van der Waals surface area contributed by atoms with Gasteiger partial charge in [-0.3, -0.25) is 14.1 Å². The topological polar surface area (TPSA) is 94.4 Å². The van der Waals surface area contributed by atoms with Crippen molar-refractivity contribution in [1.29, 1.82) is 5.26 Å². The molecule has 7 nitrogen and oxygen atoms in total. The van der Waals surface area contributed by atoms with Crippen LogP contribution in [-0.4, -0.2) is 43.1 Å². The van der Waals surface area contributed by atoms with Crippen molar-refractivity contribution in [1.82, 2.24) is 9.88 Å². The summed E-state index contributed by atoms with van der Waals surface area (Å²) in [6.45, 7) is 2.52. The van der Waals surface area contributed by atoms with E-state index in [1.807, 2.05) is 13.0 Å². The highest BCUT2D eigenvalue weighted by atomic mass is 32.2. The van der Waals surface area contributed by atoms with Crippen molar-refractivity contribution >= 4 is 21.6 Å². The van der Waals surface area contributed by atoms with Crippen molar-refractivity contribution in [2.45, 2.75) is 32.4 Å². The first-order valence-electron chi connectivity index (χ1n) is 8.98. The normalized spacial score (nSPS) is 15.8. The summed E-state index contributed by atoms with van der Waals surface area (Å²) in [5, 5.41) is 8.93. The van der Waals surface area contributed by atoms with Crippen LogP contribution in [0.3, 0.4) is 0 Å². The Balaban J connectivity index is 1.88. The number of hydrogen-bond acceptors (Lipinski definition) is 5. The predicted molar refractivity (Wildman–Crippen MR) is 106 cm³/mol. The summed E-state index contributed by atoms with van der Waals surface area (Å²) in [6.07, 6.45) is 5.34. The van der Waals surface area contributed by atoms with Gasteiger partial charge in [0.1, 0.15) is 0 Å². The molecule has 1 atom stereocenters. The monoisotopic (exact) mass is 398 g/mol. The number of sulfonamides is 1. The first kappa shape index (κ1) is 19.8. The molecule has 1 aliphatic heterocycles. The highest BCUT2D eigenvalue weighted by Crippen LogP contribution is 2.35. The highest BCUT2D eigenvalue weighted by molar-refractivity contribution is 7.92. The first-order chi connectivity index (χ1) is 13.3. The fraction of sp³-hybridized carbons (Fsp3) is 0.350. The van der Waals surface area contributed by atoms with Crippen LogP contribution in [0.2, 0.25) is 0 Å². The summed E-state index contributed by atoms with van der Waals surface area (Å²) >= 11 is 0. The van der Waals surface area contributed by atoms with Gasteiger partial charge in [-0.05, 0) is 48.7 Å². The number of aromatic nitrogens is 1. The molecule has 146 valence electrons. The summed E-state index contributed by atoms with van der Waals surface area (Å²) in [5.41, 5.74) is 2.84. The Labute approximate surface area is 165 Å². The van der Waals surface area contributed by atoms with E-state index >= 15 is 0 Å². The highest BCUT2D eigenvalue weighted by Gasteiger charge is 2.33. The van der Waals surface area contributed by atoms with Crippen LogP contribution in [0.4, 0.5) is 5.69 Å². The molecule has 0 N–H and O–H groups in total. The fourth-order valence-electron chi connectivity index (χ4n) is 3.57. The van der Waals surface area contributed by atoms with E-state index in [4.69, 9.17) is 5.26 Å². The van der Waals surface area contributed by atoms with E-state index in [0.29, 0.717) is 30.8 Å². The van der Waals surface area contributed by atoms with Crippen LogP contribution in [0.25, 0.3) is 0 Å². The van der Waals surface area contributed by atoms with Crippen molar-refractivity contribution in [2.75, 3.05) is 17.1 Å². The molecule has 1 aliphatic rings. The van der Waals surface area contributed by atoms with Gasteiger partial charge in [0.2, 0.25) is 10.0 Å². The Hall–Kier alpha value is -2.92. The molecule has 3 rings (SSSR count). The van der Waals surface area contributed by atoms with Crippen molar-refractivity contribution in [2.24, 2.45) is 0 Å². The number of hydrogen-bond donors (Lipinski definition) is 0. The van der Waals surface area contributed by atoms with Crippen LogP contribution in [0.1, 0.15) is 34.8 Å². The van der Waals surface area contributed by atoms with Crippen molar-refractivity contribution in [3.8, 4) is 6.07 Å². The van der Waals surface area contributed by atoms with E-state index in [1.165, 1.54) is 10.6 Å². The molecule has 0 fully saturated rings. The van der Waals surface area contributed by atoms with Gasteiger partial charge >= 0.3 is 0 Å². The minimum atomic E-state index is -3.37. The second-order valence-electron chi connectivity index (χ2n) is 6.95. The Morgan fingerprint density at radius 3 is 2.82 bits per heavy atom. The summed E-state index contributed by atoms with van der Waals surface area (Å²) in [5.74, 6) is -0.188. The SMILES string of the molecule is CC1Cc2cc(C(=O)N(CCC#N)Cc3cccnc3)ccc2N1S(C)(=O)=O. The Kier molecular flexibility index (Phi) is 5.66. The van der Waals surface area contributed by atoms with Crippen LogP contribution in [-0.2, 0) is 23.0 Å². The predicted octanol–water partition coefficient (Wildman–Crippen LogP) is 2.35. The average molecular weight is 398 g/mol. The largest absolute Gasteiger partial charge is 0.333 e. The maximum Gasteiger partial charge on any atom is 0.254 e. The summed E-state index contributed by atoms with van der Waals surface area (Å²) in [4.78, 5) is 18.8. The quantitative estimate of drug-likeness (QED) is 0.744. The van der Waals surface area contributed by atoms with E-state index in [2.05, 4.69) is 11.1 Å². The number of fused-ring (bicyclic) bond motifs is 1. The van der Waals surface area contributed by atoms with E-state index in [9.17, 15) is 13.2 Å². The minimum absolute atomic E-state index is 0.180. The van der Waals surface area contributed by atoms with Gasteiger partial charge in [-0.1, -0.05) is 6.07 Å². The Morgan fingerprint density at radius 2 is 2.18 bits per heavy atom. The van der Waals surface area contributed by atoms with Gasteiger partial charge in [-0.15, -0.1) is 0 Å². The number of benzene rings is 1. The molecule has 1 aromatic carbocycles. The molecular formula is C20H22N4O3S. The second kappa shape index (κ2) is 7.98. The summed E-state index contributed by atoms with van der Waals surface area (Å²) in [7, 11) is -3.37. The number of nitrogens with zero attached hydrogens (tertiary/aromatic N) is 4. The van der Waals surface area contributed by atoms with Crippen LogP contribution < -0.4 is 4.31 Å². The number of pyridine rings is 1. The van der Waals surface area contributed by atoms with Gasteiger partial charge in [0.15, 0.2) is 0 Å². The maximum atomic E-state index is 13.1. The molecule has 1 aromatic heterocycles. The summed E-state index contributed by atoms with van der Waals surface area (Å²) in [6, 6.07) is 10.7. The number of carbonyl (C=O) groups is 1. The number of amides is 1. The second-order valence-corrected chi connectivity index (χ2v) is 8.81.